The fourth-order valence-electron chi connectivity index (χ4n) is 3.41. The van der Waals surface area contributed by atoms with Gasteiger partial charge in [-0.15, -0.1) is 13.2 Å². The van der Waals surface area contributed by atoms with Crippen molar-refractivity contribution in [1.82, 2.24) is 4.98 Å². The molecule has 0 saturated heterocycles. The average molecular weight is 480 g/mol. The predicted octanol–water partition coefficient (Wildman–Crippen LogP) is 4.78. The highest BCUT2D eigenvalue weighted by Gasteiger charge is 2.33. The normalized spacial score (nSPS) is 15.4. The van der Waals surface area contributed by atoms with E-state index in [4.69, 9.17) is 16.3 Å². The number of aromatic nitrogens is 1. The van der Waals surface area contributed by atoms with Crippen LogP contribution in [0.1, 0.15) is 10.4 Å². The molecule has 2 heterocycles. The van der Waals surface area contributed by atoms with Crippen LogP contribution in [-0.2, 0) is 0 Å². The van der Waals surface area contributed by atoms with Crippen LogP contribution in [0.4, 0.5) is 30.4 Å². The van der Waals surface area contributed by atoms with Crippen LogP contribution in [0.5, 0.6) is 11.5 Å². The quantitative estimate of drug-likeness (QED) is 0.548. The van der Waals surface area contributed by atoms with E-state index in [0.29, 0.717) is 16.5 Å². The van der Waals surface area contributed by atoms with E-state index in [-0.39, 0.29) is 30.2 Å². The number of hydrogen-bond donors (Lipinski definition) is 2. The molecule has 0 bridgehead atoms. The summed E-state index contributed by atoms with van der Waals surface area (Å²) >= 11 is 6.32. The van der Waals surface area contributed by atoms with Gasteiger partial charge in [-0.25, -0.2) is 4.98 Å². The van der Waals surface area contributed by atoms with Crippen LogP contribution in [0.3, 0.4) is 0 Å². The van der Waals surface area contributed by atoms with Gasteiger partial charge >= 0.3 is 6.36 Å². The molecule has 1 unspecified atom stereocenters. The zero-order chi connectivity index (χ0) is 23.6. The number of rotatable bonds is 5. The number of hydrogen-bond acceptors (Lipinski definition) is 6. The highest BCUT2D eigenvalue weighted by Crippen LogP contribution is 2.42. The van der Waals surface area contributed by atoms with Crippen molar-refractivity contribution in [2.45, 2.75) is 12.4 Å². The lowest BCUT2D eigenvalue weighted by molar-refractivity contribution is -0.274. The number of nitrogens with one attached hydrogen (secondary N) is 1. The summed E-state index contributed by atoms with van der Waals surface area (Å²) in [6.45, 7) is -0.167. The van der Waals surface area contributed by atoms with Crippen molar-refractivity contribution in [2.75, 3.05) is 23.4 Å². The Bertz CT molecular complexity index is 1160. The molecule has 1 atom stereocenters. The number of ether oxygens (including phenoxy) is 2. The van der Waals surface area contributed by atoms with E-state index in [2.05, 4.69) is 15.0 Å². The number of anilines is 3. The summed E-state index contributed by atoms with van der Waals surface area (Å²) in [5.41, 5.74) is 0.944. The van der Waals surface area contributed by atoms with E-state index >= 15 is 0 Å². The second-order valence-corrected chi connectivity index (χ2v) is 7.41. The van der Waals surface area contributed by atoms with Gasteiger partial charge in [0.1, 0.15) is 12.4 Å². The topological polar surface area (TPSA) is 83.9 Å². The third kappa shape index (κ3) is 4.96. The Kier molecular flexibility index (Phi) is 6.30. The van der Waals surface area contributed by atoms with E-state index < -0.39 is 24.1 Å². The molecule has 1 aromatic heterocycles. The van der Waals surface area contributed by atoms with Gasteiger partial charge in [0.2, 0.25) is 0 Å². The van der Waals surface area contributed by atoms with Gasteiger partial charge in [0.05, 0.1) is 28.9 Å². The first-order chi connectivity index (χ1) is 15.8. The number of para-hydroxylation sites is 1. The molecule has 0 aliphatic carbocycles. The first-order valence-corrected chi connectivity index (χ1v) is 10.1. The third-order valence-electron chi connectivity index (χ3n) is 4.81. The molecule has 0 spiro atoms. The molecule has 2 aromatic carbocycles. The van der Waals surface area contributed by atoms with Crippen LogP contribution in [0.15, 0.2) is 60.8 Å². The fraction of sp³-hybridized carbons (Fsp3) is 0.182. The number of pyridine rings is 1. The van der Waals surface area contributed by atoms with Crippen molar-refractivity contribution in [2.24, 2.45) is 0 Å². The first kappa shape index (κ1) is 22.7. The summed E-state index contributed by atoms with van der Waals surface area (Å²) in [5.74, 6) is -0.274. The van der Waals surface area contributed by atoms with E-state index in [1.807, 2.05) is 0 Å². The molecule has 33 heavy (non-hydrogen) atoms. The van der Waals surface area contributed by atoms with Crippen molar-refractivity contribution < 1.29 is 32.5 Å². The Morgan fingerprint density at radius 2 is 1.97 bits per heavy atom. The van der Waals surface area contributed by atoms with Crippen LogP contribution >= 0.6 is 11.6 Å². The highest BCUT2D eigenvalue weighted by molar-refractivity contribution is 6.33. The molecule has 172 valence electrons. The monoisotopic (exact) mass is 479 g/mol. The smallest absolute Gasteiger partial charge is 0.488 e. The molecular formula is C22H17ClF3N3O4. The molecule has 0 radical (unpaired) electrons. The molecule has 0 fully saturated rings. The Balaban J connectivity index is 1.62. The van der Waals surface area contributed by atoms with Crippen LogP contribution < -0.4 is 19.7 Å². The van der Waals surface area contributed by atoms with Gasteiger partial charge in [0.15, 0.2) is 11.6 Å². The van der Waals surface area contributed by atoms with Crippen LogP contribution in [0.25, 0.3) is 0 Å². The predicted molar refractivity (Wildman–Crippen MR) is 115 cm³/mol. The van der Waals surface area contributed by atoms with Gasteiger partial charge in [0, 0.05) is 11.9 Å². The van der Waals surface area contributed by atoms with Crippen molar-refractivity contribution in [3.63, 3.8) is 0 Å². The Labute approximate surface area is 191 Å². The molecule has 3 aromatic rings. The van der Waals surface area contributed by atoms with Gasteiger partial charge in [-0.05, 0) is 48.5 Å². The number of carbonyl (C=O) groups excluding carboxylic acids is 1. The molecule has 2 N–H and O–H groups in total. The maximum Gasteiger partial charge on any atom is 0.573 e. The minimum atomic E-state index is -4.81. The second kappa shape index (κ2) is 9.16. The largest absolute Gasteiger partial charge is 0.573 e. The zero-order valence-corrected chi connectivity index (χ0v) is 17.6. The zero-order valence-electron chi connectivity index (χ0n) is 16.8. The third-order valence-corrected chi connectivity index (χ3v) is 5.10. The van der Waals surface area contributed by atoms with Crippen molar-refractivity contribution in [3.05, 3.63) is 71.4 Å². The minimum absolute atomic E-state index is 0.0736. The van der Waals surface area contributed by atoms with Gasteiger partial charge in [-0.3, -0.25) is 4.79 Å². The maximum atomic E-state index is 12.9. The van der Waals surface area contributed by atoms with E-state index in [1.165, 1.54) is 12.1 Å². The molecular weight excluding hydrogens is 463 g/mol. The molecule has 1 aliphatic rings. The minimum Gasteiger partial charge on any atom is -0.488 e. The highest BCUT2D eigenvalue weighted by atomic mass is 35.5. The van der Waals surface area contributed by atoms with E-state index in [9.17, 15) is 23.1 Å². The number of carbonyl (C=O) groups is 1. The molecule has 1 amide bonds. The summed E-state index contributed by atoms with van der Waals surface area (Å²) < 4.78 is 46.6. The lowest BCUT2D eigenvalue weighted by atomic mass is 10.1. The molecule has 7 nitrogen and oxygen atoms in total. The fourth-order valence-corrected chi connectivity index (χ4v) is 3.62. The van der Waals surface area contributed by atoms with E-state index in [1.54, 1.807) is 41.4 Å². The van der Waals surface area contributed by atoms with Crippen LogP contribution in [0, 0.1) is 0 Å². The number of benzene rings is 2. The van der Waals surface area contributed by atoms with Gasteiger partial charge in [-0.1, -0.05) is 17.7 Å². The van der Waals surface area contributed by atoms with Crippen molar-refractivity contribution in [1.29, 1.82) is 0 Å². The summed E-state index contributed by atoms with van der Waals surface area (Å²) in [7, 11) is 0. The summed E-state index contributed by atoms with van der Waals surface area (Å²) in [6.07, 6.45) is -3.24. The standard InChI is InChI=1S/C22H17ClF3N3O4/c23-17-4-2-10-27-20(17)29-14(11-30)12-32-19-16(3-1-5-18(19)29)21(31)28-13-6-8-15(9-7-13)33-22(24,25)26/h1-10,14,30H,11-12H2,(H,28,31). The van der Waals surface area contributed by atoms with E-state index in [0.717, 1.165) is 12.1 Å². The molecule has 1 aliphatic heterocycles. The maximum absolute atomic E-state index is 12.9. The molecule has 4 rings (SSSR count). The number of aliphatic hydroxyl groups excluding tert-OH is 1. The second-order valence-electron chi connectivity index (χ2n) is 7.01. The molecule has 0 saturated carbocycles. The number of fused-ring (bicyclic) bond motifs is 1. The van der Waals surface area contributed by atoms with Crippen LogP contribution in [0.2, 0.25) is 5.02 Å². The number of nitrogens with zero attached hydrogens (tertiary/aromatic N) is 2. The number of alkyl halides is 3. The summed E-state index contributed by atoms with van der Waals surface area (Å²) in [4.78, 5) is 19.0. The van der Waals surface area contributed by atoms with Gasteiger partial charge in [0.25, 0.3) is 5.91 Å². The summed E-state index contributed by atoms with van der Waals surface area (Å²) in [5, 5.41) is 12.8. The Hall–Kier alpha value is -3.50. The summed E-state index contributed by atoms with van der Waals surface area (Å²) in [6, 6.07) is 12.5. The average Bonchev–Trinajstić information content (AvgIpc) is 2.78. The SMILES string of the molecule is O=C(Nc1ccc(OC(F)(F)F)cc1)c1cccc2c1OCC(CO)N2c1ncccc1Cl. The number of amides is 1. The Morgan fingerprint density at radius 1 is 1.21 bits per heavy atom. The van der Waals surface area contributed by atoms with Gasteiger partial charge < -0.3 is 24.8 Å². The van der Waals surface area contributed by atoms with Crippen molar-refractivity contribution in [3.8, 4) is 11.5 Å². The van der Waals surface area contributed by atoms with Crippen molar-refractivity contribution >= 4 is 34.7 Å². The van der Waals surface area contributed by atoms with Crippen LogP contribution in [-0.4, -0.2) is 41.6 Å². The first-order valence-electron chi connectivity index (χ1n) is 9.70. The lowest BCUT2D eigenvalue weighted by Crippen LogP contribution is -2.43. The lowest BCUT2D eigenvalue weighted by Gasteiger charge is -2.37. The molecule has 11 heteroatoms. The Morgan fingerprint density at radius 3 is 2.64 bits per heavy atom. The van der Waals surface area contributed by atoms with Gasteiger partial charge in [-0.2, -0.15) is 0 Å². The number of aliphatic hydroxyl groups is 1. The number of halogens is 4.